The van der Waals surface area contributed by atoms with Crippen LogP contribution in [-0.4, -0.2) is 16.2 Å². The fourth-order valence-corrected chi connectivity index (χ4v) is 2.75. The number of rotatable bonds is 4. The van der Waals surface area contributed by atoms with Crippen LogP contribution >= 0.6 is 0 Å². The van der Waals surface area contributed by atoms with Crippen LogP contribution in [0.15, 0.2) is 66.7 Å². The summed E-state index contributed by atoms with van der Waals surface area (Å²) in [6.45, 7) is 0. The molecule has 1 atom stereocenters. The molecular formula is C19H16O3. The molecule has 110 valence electrons. The molecule has 0 amide bonds. The number of carbonyl (C=O) groups is 1. The molecule has 0 radical (unpaired) electrons. The van der Waals surface area contributed by atoms with Crippen molar-refractivity contribution in [3.8, 4) is 5.75 Å². The third kappa shape index (κ3) is 2.79. The van der Waals surface area contributed by atoms with Crippen molar-refractivity contribution in [2.75, 3.05) is 0 Å². The molecule has 0 fully saturated rings. The number of aliphatic carboxylic acids is 1. The number of phenolic OH excluding ortho intramolecular Hbond substituents is 1. The van der Waals surface area contributed by atoms with E-state index in [2.05, 4.69) is 0 Å². The van der Waals surface area contributed by atoms with E-state index in [0.717, 1.165) is 21.9 Å². The molecule has 0 saturated heterocycles. The van der Waals surface area contributed by atoms with E-state index >= 15 is 0 Å². The Hall–Kier alpha value is -2.81. The van der Waals surface area contributed by atoms with E-state index in [1.807, 2.05) is 42.5 Å². The second kappa shape index (κ2) is 5.90. The number of hydrogen-bond acceptors (Lipinski definition) is 2. The molecule has 2 N–H and O–H groups in total. The lowest BCUT2D eigenvalue weighted by Gasteiger charge is -2.15. The monoisotopic (exact) mass is 292 g/mol. The molecule has 3 nitrogen and oxygen atoms in total. The summed E-state index contributed by atoms with van der Waals surface area (Å²) in [5.74, 6) is -1.28. The summed E-state index contributed by atoms with van der Waals surface area (Å²) in [5, 5.41) is 21.0. The van der Waals surface area contributed by atoms with Gasteiger partial charge in [-0.3, -0.25) is 4.79 Å². The van der Waals surface area contributed by atoms with Gasteiger partial charge in [-0.15, -0.1) is 0 Å². The smallest absolute Gasteiger partial charge is 0.311 e. The van der Waals surface area contributed by atoms with E-state index in [9.17, 15) is 15.0 Å². The van der Waals surface area contributed by atoms with Gasteiger partial charge in [0.15, 0.2) is 0 Å². The molecule has 3 rings (SSSR count). The summed E-state index contributed by atoms with van der Waals surface area (Å²) in [4.78, 5) is 11.8. The maximum absolute atomic E-state index is 11.8. The van der Waals surface area contributed by atoms with Crippen LogP contribution in [0.2, 0.25) is 0 Å². The number of aromatic hydroxyl groups is 1. The number of carboxylic acid groups (broad SMARTS) is 1. The van der Waals surface area contributed by atoms with Gasteiger partial charge in [-0.25, -0.2) is 0 Å². The van der Waals surface area contributed by atoms with Crippen molar-refractivity contribution in [2.45, 2.75) is 12.3 Å². The predicted molar refractivity (Wildman–Crippen MR) is 86.1 cm³/mol. The van der Waals surface area contributed by atoms with E-state index in [0.29, 0.717) is 6.42 Å². The zero-order valence-electron chi connectivity index (χ0n) is 11.9. The van der Waals surface area contributed by atoms with Gasteiger partial charge in [-0.05, 0) is 40.5 Å². The Labute approximate surface area is 128 Å². The first-order valence-electron chi connectivity index (χ1n) is 7.13. The Morgan fingerprint density at radius 3 is 2.32 bits per heavy atom. The highest BCUT2D eigenvalue weighted by Gasteiger charge is 2.22. The number of fused-ring (bicyclic) bond motifs is 1. The minimum absolute atomic E-state index is 0.181. The molecule has 3 aromatic rings. The Balaban J connectivity index is 2.03. The molecule has 1 unspecified atom stereocenters. The maximum atomic E-state index is 11.8. The number of hydrogen-bond donors (Lipinski definition) is 2. The molecule has 0 heterocycles. The van der Waals surface area contributed by atoms with Gasteiger partial charge in [0.1, 0.15) is 5.75 Å². The van der Waals surface area contributed by atoms with Crippen LogP contribution in [-0.2, 0) is 11.2 Å². The predicted octanol–water partition coefficient (Wildman–Crippen LogP) is 3.96. The average molecular weight is 292 g/mol. The molecule has 3 aromatic carbocycles. The Bertz CT molecular complexity index is 801. The molecule has 0 aromatic heterocycles. The van der Waals surface area contributed by atoms with Crippen molar-refractivity contribution in [3.63, 3.8) is 0 Å². The lowest BCUT2D eigenvalue weighted by atomic mass is 9.88. The summed E-state index contributed by atoms with van der Waals surface area (Å²) >= 11 is 0. The van der Waals surface area contributed by atoms with Gasteiger partial charge >= 0.3 is 5.97 Å². The number of phenols is 1. The second-order valence-electron chi connectivity index (χ2n) is 5.33. The normalized spacial score (nSPS) is 12.2. The zero-order valence-corrected chi connectivity index (χ0v) is 11.9. The highest BCUT2D eigenvalue weighted by molar-refractivity contribution is 5.90. The minimum Gasteiger partial charge on any atom is -0.508 e. The Morgan fingerprint density at radius 1 is 0.909 bits per heavy atom. The quantitative estimate of drug-likeness (QED) is 0.765. The van der Waals surface area contributed by atoms with Crippen molar-refractivity contribution in [3.05, 3.63) is 77.9 Å². The van der Waals surface area contributed by atoms with Crippen molar-refractivity contribution in [1.29, 1.82) is 0 Å². The third-order valence-corrected chi connectivity index (χ3v) is 3.87. The fraction of sp³-hybridized carbons (Fsp3) is 0.105. The van der Waals surface area contributed by atoms with Gasteiger partial charge < -0.3 is 10.2 Å². The molecule has 22 heavy (non-hydrogen) atoms. The Kier molecular flexibility index (Phi) is 3.79. The molecular weight excluding hydrogens is 276 g/mol. The lowest BCUT2D eigenvalue weighted by molar-refractivity contribution is -0.138. The summed E-state index contributed by atoms with van der Waals surface area (Å²) in [6.07, 6.45) is 0.392. The van der Waals surface area contributed by atoms with Gasteiger partial charge in [0.05, 0.1) is 5.92 Å². The van der Waals surface area contributed by atoms with Gasteiger partial charge in [0.2, 0.25) is 0 Å². The van der Waals surface area contributed by atoms with Crippen LogP contribution in [0.4, 0.5) is 0 Å². The molecule has 0 aliphatic heterocycles. The van der Waals surface area contributed by atoms with Crippen molar-refractivity contribution in [1.82, 2.24) is 0 Å². The molecule has 0 bridgehead atoms. The first kappa shape index (κ1) is 14.1. The van der Waals surface area contributed by atoms with Crippen LogP contribution in [0.3, 0.4) is 0 Å². The van der Waals surface area contributed by atoms with Gasteiger partial charge in [-0.2, -0.15) is 0 Å². The molecule has 3 heteroatoms. The van der Waals surface area contributed by atoms with Gasteiger partial charge in [0, 0.05) is 0 Å². The van der Waals surface area contributed by atoms with Crippen molar-refractivity contribution < 1.29 is 15.0 Å². The van der Waals surface area contributed by atoms with E-state index in [1.165, 1.54) is 0 Å². The van der Waals surface area contributed by atoms with Crippen LogP contribution in [0, 0.1) is 0 Å². The lowest BCUT2D eigenvalue weighted by Crippen LogP contribution is -2.14. The molecule has 0 aliphatic carbocycles. The van der Waals surface area contributed by atoms with Crippen LogP contribution in [0.1, 0.15) is 17.0 Å². The van der Waals surface area contributed by atoms with Gasteiger partial charge in [-0.1, -0.05) is 54.6 Å². The SMILES string of the molecule is O=C(O)C(Cc1ccc(O)cc1)c1cccc2ccccc12. The third-order valence-electron chi connectivity index (χ3n) is 3.87. The van der Waals surface area contributed by atoms with Crippen molar-refractivity contribution >= 4 is 16.7 Å². The Morgan fingerprint density at radius 2 is 1.59 bits per heavy atom. The van der Waals surface area contributed by atoms with E-state index in [4.69, 9.17) is 0 Å². The summed E-state index contributed by atoms with van der Waals surface area (Å²) in [6, 6.07) is 20.2. The molecule has 0 saturated carbocycles. The maximum Gasteiger partial charge on any atom is 0.311 e. The summed E-state index contributed by atoms with van der Waals surface area (Å²) in [5.41, 5.74) is 1.71. The molecule has 0 aliphatic rings. The molecule has 0 spiro atoms. The zero-order chi connectivity index (χ0) is 15.5. The van der Waals surface area contributed by atoms with Crippen LogP contribution in [0.5, 0.6) is 5.75 Å². The first-order valence-corrected chi connectivity index (χ1v) is 7.13. The van der Waals surface area contributed by atoms with Crippen LogP contribution in [0.25, 0.3) is 10.8 Å². The fourth-order valence-electron chi connectivity index (χ4n) is 2.75. The van der Waals surface area contributed by atoms with Crippen molar-refractivity contribution in [2.24, 2.45) is 0 Å². The largest absolute Gasteiger partial charge is 0.508 e. The van der Waals surface area contributed by atoms with Gasteiger partial charge in [0.25, 0.3) is 0 Å². The highest BCUT2D eigenvalue weighted by atomic mass is 16.4. The highest BCUT2D eigenvalue weighted by Crippen LogP contribution is 2.29. The second-order valence-corrected chi connectivity index (χ2v) is 5.33. The topological polar surface area (TPSA) is 57.5 Å². The minimum atomic E-state index is -0.843. The van der Waals surface area contributed by atoms with E-state index in [-0.39, 0.29) is 5.75 Å². The summed E-state index contributed by atoms with van der Waals surface area (Å²) < 4.78 is 0. The number of benzene rings is 3. The average Bonchev–Trinajstić information content (AvgIpc) is 2.54. The van der Waals surface area contributed by atoms with E-state index in [1.54, 1.807) is 24.3 Å². The standard InChI is InChI=1S/C19H16O3/c20-15-10-8-13(9-11-15)12-18(19(21)22)17-7-3-5-14-4-1-2-6-16(14)17/h1-11,18,20H,12H2,(H,21,22). The first-order chi connectivity index (χ1) is 10.6. The summed E-state index contributed by atoms with van der Waals surface area (Å²) in [7, 11) is 0. The van der Waals surface area contributed by atoms with E-state index < -0.39 is 11.9 Å². The van der Waals surface area contributed by atoms with Crippen LogP contribution < -0.4 is 0 Å². The number of carboxylic acids is 1.